The first-order chi connectivity index (χ1) is 20.1. The lowest BCUT2D eigenvalue weighted by Gasteiger charge is -2.33. The number of hydrogen-bond acceptors (Lipinski definition) is 5. The average Bonchev–Trinajstić information content (AvgIpc) is 3.00. The summed E-state index contributed by atoms with van der Waals surface area (Å²) in [6, 6.07) is 15.0. The summed E-state index contributed by atoms with van der Waals surface area (Å²) < 4.78 is 61.1. The maximum atomic E-state index is 14.0. The topological polar surface area (TPSA) is 96.0 Å². The zero-order chi connectivity index (χ0) is 30.3. The second-order valence-corrected chi connectivity index (χ2v) is 12.2. The molecule has 1 atom stereocenters. The fraction of sp³-hybridized carbons (Fsp3) is 0.355. The summed E-state index contributed by atoms with van der Waals surface area (Å²) in [7, 11) is -2.86. The van der Waals surface area contributed by atoms with Crippen LogP contribution in [0.3, 0.4) is 0 Å². The number of benzene rings is 3. The molecule has 3 aromatic carbocycles. The van der Waals surface area contributed by atoms with Crippen LogP contribution >= 0.6 is 0 Å². The van der Waals surface area contributed by atoms with Gasteiger partial charge in [-0.25, -0.2) is 17.2 Å². The van der Waals surface area contributed by atoms with Crippen molar-refractivity contribution < 1.29 is 31.5 Å². The van der Waals surface area contributed by atoms with Crippen LogP contribution in [0, 0.1) is 11.6 Å². The number of sulfonamides is 1. The average molecular weight is 600 g/mol. The number of rotatable bonds is 11. The van der Waals surface area contributed by atoms with Crippen molar-refractivity contribution in [3.05, 3.63) is 90.0 Å². The Morgan fingerprint density at radius 3 is 2.05 bits per heavy atom. The predicted molar refractivity (Wildman–Crippen MR) is 155 cm³/mol. The van der Waals surface area contributed by atoms with Gasteiger partial charge in [-0.2, -0.15) is 0 Å². The van der Waals surface area contributed by atoms with Crippen LogP contribution < -0.4 is 14.4 Å². The lowest BCUT2D eigenvalue weighted by Crippen LogP contribution is -2.53. The quantitative estimate of drug-likeness (QED) is 0.334. The number of methoxy groups -OCH3 is 1. The Kier molecular flexibility index (Phi) is 10.2. The van der Waals surface area contributed by atoms with Gasteiger partial charge in [0.1, 0.15) is 30.0 Å². The Bertz CT molecular complexity index is 1460. The van der Waals surface area contributed by atoms with E-state index in [2.05, 4.69) is 5.32 Å². The van der Waals surface area contributed by atoms with Crippen LogP contribution in [-0.4, -0.2) is 50.9 Å². The van der Waals surface area contributed by atoms with Gasteiger partial charge in [0.05, 0.1) is 17.7 Å². The third-order valence-electron chi connectivity index (χ3n) is 7.43. The summed E-state index contributed by atoms with van der Waals surface area (Å²) in [5.74, 6) is -1.59. The molecule has 42 heavy (non-hydrogen) atoms. The molecule has 1 saturated carbocycles. The number of carbonyl (C=O) groups is 2. The fourth-order valence-electron chi connectivity index (χ4n) is 4.95. The maximum Gasteiger partial charge on any atom is 0.264 e. The highest BCUT2D eigenvalue weighted by Crippen LogP contribution is 2.26. The zero-order valence-corrected chi connectivity index (χ0v) is 24.4. The Hall–Kier alpha value is -3.99. The Morgan fingerprint density at radius 1 is 0.905 bits per heavy atom. The van der Waals surface area contributed by atoms with Crippen LogP contribution in [0.25, 0.3) is 0 Å². The molecule has 0 saturated heterocycles. The number of amides is 2. The highest BCUT2D eigenvalue weighted by Gasteiger charge is 2.33. The van der Waals surface area contributed by atoms with Crippen molar-refractivity contribution in [1.82, 2.24) is 10.2 Å². The molecular weight excluding hydrogens is 564 g/mol. The molecule has 0 spiro atoms. The van der Waals surface area contributed by atoms with E-state index in [9.17, 15) is 26.8 Å². The Labute approximate surface area is 245 Å². The van der Waals surface area contributed by atoms with Gasteiger partial charge in [-0.3, -0.25) is 13.9 Å². The van der Waals surface area contributed by atoms with E-state index in [0.29, 0.717) is 11.3 Å². The van der Waals surface area contributed by atoms with Crippen LogP contribution in [0.5, 0.6) is 5.75 Å². The number of halogens is 2. The van der Waals surface area contributed by atoms with Crippen LogP contribution in [-0.2, 0) is 26.2 Å². The van der Waals surface area contributed by atoms with E-state index < -0.39 is 40.2 Å². The standard InChI is InChI=1S/C31H35F2N3O5S/c1-22(31(38)34-26-6-4-3-5-7-26)35(20-23-8-10-24(32)11-9-23)30(37)21-36(27-14-12-25(33)13-15-27)42(39,40)29-18-16-28(41-2)17-19-29/h8-19,22,26H,3-7,20-21H2,1-2H3,(H,34,38)/t22-/m0/s1. The van der Waals surface area contributed by atoms with Gasteiger partial charge in [-0.1, -0.05) is 31.4 Å². The molecule has 0 heterocycles. The smallest absolute Gasteiger partial charge is 0.264 e. The molecule has 8 nitrogen and oxygen atoms in total. The molecule has 0 bridgehead atoms. The first-order valence-electron chi connectivity index (χ1n) is 13.8. The lowest BCUT2D eigenvalue weighted by atomic mass is 9.95. The van der Waals surface area contributed by atoms with Crippen LogP contribution in [0.1, 0.15) is 44.6 Å². The highest BCUT2D eigenvalue weighted by molar-refractivity contribution is 7.92. The van der Waals surface area contributed by atoms with Crippen LogP contribution in [0.2, 0.25) is 0 Å². The molecule has 1 fully saturated rings. The normalized spacial score (nSPS) is 14.6. The second kappa shape index (κ2) is 13.8. The minimum Gasteiger partial charge on any atom is -0.497 e. The van der Waals surface area contributed by atoms with E-state index in [1.807, 2.05) is 0 Å². The lowest BCUT2D eigenvalue weighted by molar-refractivity contribution is -0.139. The van der Waals surface area contributed by atoms with Crippen molar-refractivity contribution >= 4 is 27.5 Å². The molecule has 11 heteroatoms. The van der Waals surface area contributed by atoms with Gasteiger partial charge in [0, 0.05) is 12.6 Å². The monoisotopic (exact) mass is 599 g/mol. The third-order valence-corrected chi connectivity index (χ3v) is 9.21. The van der Waals surface area contributed by atoms with E-state index in [4.69, 9.17) is 4.74 Å². The molecule has 2 amide bonds. The maximum absolute atomic E-state index is 14.0. The molecule has 3 aromatic rings. The molecule has 0 aromatic heterocycles. The van der Waals surface area contributed by atoms with Crippen molar-refractivity contribution in [2.24, 2.45) is 0 Å². The van der Waals surface area contributed by atoms with Gasteiger partial charge >= 0.3 is 0 Å². The van der Waals surface area contributed by atoms with Gasteiger partial charge in [-0.15, -0.1) is 0 Å². The largest absolute Gasteiger partial charge is 0.497 e. The molecule has 1 aliphatic carbocycles. The molecule has 0 aliphatic heterocycles. The van der Waals surface area contributed by atoms with Crippen molar-refractivity contribution in [2.45, 2.75) is 62.6 Å². The summed E-state index contributed by atoms with van der Waals surface area (Å²) >= 11 is 0. The number of nitrogens with zero attached hydrogens (tertiary/aromatic N) is 2. The van der Waals surface area contributed by atoms with Gasteiger partial charge in [0.15, 0.2) is 0 Å². The van der Waals surface area contributed by atoms with Crippen molar-refractivity contribution in [3.8, 4) is 5.75 Å². The van der Waals surface area contributed by atoms with Crippen LogP contribution in [0.15, 0.2) is 77.7 Å². The molecule has 1 N–H and O–H groups in total. The van der Waals surface area contributed by atoms with Crippen molar-refractivity contribution in [3.63, 3.8) is 0 Å². The number of ether oxygens (including phenoxy) is 1. The fourth-order valence-corrected chi connectivity index (χ4v) is 6.36. The summed E-state index contributed by atoms with van der Waals surface area (Å²) in [6.45, 7) is 0.861. The SMILES string of the molecule is COc1ccc(S(=O)(=O)N(CC(=O)N(Cc2ccc(F)cc2)[C@@H](C)C(=O)NC2CCCCC2)c2ccc(F)cc2)cc1. The Balaban J connectivity index is 1.66. The van der Waals surface area contributed by atoms with Gasteiger partial charge in [0.2, 0.25) is 11.8 Å². The van der Waals surface area contributed by atoms with Crippen LogP contribution in [0.4, 0.5) is 14.5 Å². The first kappa shape index (κ1) is 31.0. The minimum absolute atomic E-state index is 0.00244. The van der Waals surface area contributed by atoms with Gasteiger partial charge in [0.25, 0.3) is 10.0 Å². The third kappa shape index (κ3) is 7.64. The molecule has 0 unspecified atom stereocenters. The van der Waals surface area contributed by atoms with Gasteiger partial charge in [-0.05, 0) is 86.0 Å². The molecule has 0 radical (unpaired) electrons. The zero-order valence-electron chi connectivity index (χ0n) is 23.6. The molecule has 224 valence electrons. The molecule has 1 aliphatic rings. The first-order valence-corrected chi connectivity index (χ1v) is 15.3. The number of anilines is 1. The highest BCUT2D eigenvalue weighted by atomic mass is 32.2. The summed E-state index contributed by atoms with van der Waals surface area (Å²) in [6.07, 6.45) is 4.82. The van der Waals surface area contributed by atoms with E-state index in [1.165, 1.54) is 72.7 Å². The van der Waals surface area contributed by atoms with Gasteiger partial charge < -0.3 is 15.0 Å². The van der Waals surface area contributed by atoms with E-state index in [1.54, 1.807) is 6.92 Å². The molecular formula is C31H35F2N3O5S. The van der Waals surface area contributed by atoms with Crippen molar-refractivity contribution in [1.29, 1.82) is 0 Å². The van der Waals surface area contributed by atoms with E-state index in [-0.39, 0.29) is 29.1 Å². The second-order valence-electron chi connectivity index (χ2n) is 10.3. The van der Waals surface area contributed by atoms with Crippen molar-refractivity contribution in [2.75, 3.05) is 18.0 Å². The van der Waals surface area contributed by atoms with E-state index in [0.717, 1.165) is 48.5 Å². The Morgan fingerprint density at radius 2 is 1.48 bits per heavy atom. The summed E-state index contributed by atoms with van der Waals surface area (Å²) in [5, 5.41) is 3.03. The van der Waals surface area contributed by atoms with E-state index >= 15 is 0 Å². The number of carbonyl (C=O) groups excluding carboxylic acids is 2. The minimum atomic E-state index is -4.31. The molecule has 4 rings (SSSR count). The number of hydrogen-bond donors (Lipinski definition) is 1. The summed E-state index contributed by atoms with van der Waals surface area (Å²) in [5.41, 5.74) is 0.634. The number of nitrogens with one attached hydrogen (secondary N) is 1. The summed E-state index contributed by atoms with van der Waals surface area (Å²) in [4.78, 5) is 28.5. The predicted octanol–water partition coefficient (Wildman–Crippen LogP) is 5.03.